The van der Waals surface area contributed by atoms with E-state index in [-0.39, 0.29) is 5.91 Å². The van der Waals surface area contributed by atoms with Gasteiger partial charge in [0.25, 0.3) is 5.91 Å². The molecule has 1 amide bonds. The summed E-state index contributed by atoms with van der Waals surface area (Å²) in [4.78, 5) is 15.7. The molecule has 0 aliphatic heterocycles. The van der Waals surface area contributed by atoms with Crippen LogP contribution in [0.5, 0.6) is 0 Å². The van der Waals surface area contributed by atoms with Crippen LogP contribution in [0.2, 0.25) is 0 Å². The van der Waals surface area contributed by atoms with Crippen LogP contribution in [0.15, 0.2) is 78.9 Å². The van der Waals surface area contributed by atoms with Crippen molar-refractivity contribution in [2.24, 2.45) is 0 Å². The van der Waals surface area contributed by atoms with E-state index in [2.05, 4.69) is 0 Å². The van der Waals surface area contributed by atoms with Crippen LogP contribution in [0.3, 0.4) is 0 Å². The first-order valence-electron chi connectivity index (χ1n) is 9.32. The average Bonchev–Trinajstić information content (AvgIpc) is 3.23. The highest BCUT2D eigenvalue weighted by molar-refractivity contribution is 7.17. The fourth-order valence-electron chi connectivity index (χ4n) is 3.40. The number of halogens is 3. The van der Waals surface area contributed by atoms with E-state index in [0.29, 0.717) is 21.9 Å². The minimum Gasteiger partial charge on any atom is -0.337 e. The second-order valence-corrected chi connectivity index (χ2v) is 8.13. The standard InChI is InChI=1S/C24H18F3NOS/c1-28(15-18-9-4-7-16-6-2-3-11-20(16)18)23(29)22-13-12-21(30-22)17-8-5-10-19(14-17)24(25,26)27/h2-14H,15H2,1H3. The monoisotopic (exact) mass is 425 g/mol. The lowest BCUT2D eigenvalue weighted by Gasteiger charge is -2.17. The first kappa shape index (κ1) is 20.2. The summed E-state index contributed by atoms with van der Waals surface area (Å²) in [6.45, 7) is 0.441. The maximum atomic E-state index is 13.0. The zero-order valence-electron chi connectivity index (χ0n) is 16.1. The second-order valence-electron chi connectivity index (χ2n) is 7.04. The van der Waals surface area contributed by atoms with E-state index in [1.807, 2.05) is 42.5 Å². The Morgan fingerprint density at radius 3 is 2.47 bits per heavy atom. The number of rotatable bonds is 4. The van der Waals surface area contributed by atoms with Gasteiger partial charge in [-0.2, -0.15) is 13.2 Å². The fraction of sp³-hybridized carbons (Fsp3) is 0.125. The summed E-state index contributed by atoms with van der Waals surface area (Å²) in [6, 6.07) is 22.5. The van der Waals surface area contributed by atoms with Gasteiger partial charge in [0.05, 0.1) is 10.4 Å². The lowest BCUT2D eigenvalue weighted by atomic mass is 10.0. The Morgan fingerprint density at radius 2 is 1.67 bits per heavy atom. The average molecular weight is 425 g/mol. The SMILES string of the molecule is CN(Cc1cccc2ccccc12)C(=O)c1ccc(-c2cccc(C(F)(F)F)c2)s1. The van der Waals surface area contributed by atoms with Gasteiger partial charge in [-0.25, -0.2) is 0 Å². The van der Waals surface area contributed by atoms with Gasteiger partial charge in [0.2, 0.25) is 0 Å². The molecule has 4 aromatic rings. The summed E-state index contributed by atoms with van der Waals surface area (Å²) in [5.41, 5.74) is 0.790. The summed E-state index contributed by atoms with van der Waals surface area (Å²) in [7, 11) is 1.73. The second kappa shape index (κ2) is 7.95. The van der Waals surface area contributed by atoms with Gasteiger partial charge in [-0.1, -0.05) is 54.6 Å². The van der Waals surface area contributed by atoms with Gasteiger partial charge in [-0.05, 0) is 46.2 Å². The number of alkyl halides is 3. The van der Waals surface area contributed by atoms with Crippen molar-refractivity contribution in [2.75, 3.05) is 7.05 Å². The molecule has 152 valence electrons. The molecule has 0 aliphatic carbocycles. The Labute approximate surface area is 176 Å². The molecule has 0 spiro atoms. The molecule has 30 heavy (non-hydrogen) atoms. The van der Waals surface area contributed by atoms with E-state index in [0.717, 1.165) is 28.5 Å². The lowest BCUT2D eigenvalue weighted by molar-refractivity contribution is -0.137. The van der Waals surface area contributed by atoms with Crippen LogP contribution in [0.1, 0.15) is 20.8 Å². The van der Waals surface area contributed by atoms with Gasteiger partial charge in [0.1, 0.15) is 0 Å². The summed E-state index contributed by atoms with van der Waals surface area (Å²) >= 11 is 1.20. The number of hydrogen-bond donors (Lipinski definition) is 0. The molecule has 0 bridgehead atoms. The number of carbonyl (C=O) groups is 1. The highest BCUT2D eigenvalue weighted by atomic mass is 32.1. The third kappa shape index (κ3) is 4.09. The van der Waals surface area contributed by atoms with Crippen LogP contribution < -0.4 is 0 Å². The van der Waals surface area contributed by atoms with Crippen molar-refractivity contribution < 1.29 is 18.0 Å². The topological polar surface area (TPSA) is 20.3 Å². The highest BCUT2D eigenvalue weighted by Crippen LogP contribution is 2.35. The summed E-state index contributed by atoms with van der Waals surface area (Å²) in [5, 5.41) is 2.20. The molecule has 4 rings (SSSR count). The molecule has 0 fully saturated rings. The molecule has 0 N–H and O–H groups in total. The van der Waals surface area contributed by atoms with Gasteiger partial charge >= 0.3 is 6.18 Å². The Morgan fingerprint density at radius 1 is 0.933 bits per heavy atom. The Bertz CT molecular complexity index is 1210. The number of carbonyl (C=O) groups excluding carboxylic acids is 1. The fourth-order valence-corrected chi connectivity index (χ4v) is 4.40. The van der Waals surface area contributed by atoms with E-state index in [9.17, 15) is 18.0 Å². The van der Waals surface area contributed by atoms with Gasteiger partial charge in [0, 0.05) is 18.5 Å². The van der Waals surface area contributed by atoms with Crippen LogP contribution in [-0.2, 0) is 12.7 Å². The van der Waals surface area contributed by atoms with Crippen LogP contribution in [0.25, 0.3) is 21.2 Å². The maximum absolute atomic E-state index is 13.0. The molecule has 0 unspecified atom stereocenters. The van der Waals surface area contributed by atoms with Crippen LogP contribution >= 0.6 is 11.3 Å². The zero-order valence-corrected chi connectivity index (χ0v) is 16.9. The predicted octanol–water partition coefficient (Wildman–Crippen LogP) is 6.86. The molecule has 0 saturated heterocycles. The molecule has 0 aliphatic rings. The van der Waals surface area contributed by atoms with Gasteiger partial charge in [0.15, 0.2) is 0 Å². The van der Waals surface area contributed by atoms with Crippen molar-refractivity contribution in [2.45, 2.75) is 12.7 Å². The maximum Gasteiger partial charge on any atom is 0.416 e. The molecule has 6 heteroatoms. The number of benzene rings is 3. The lowest BCUT2D eigenvalue weighted by Crippen LogP contribution is -2.25. The molecular formula is C24H18F3NOS. The Kier molecular flexibility index (Phi) is 5.35. The zero-order chi connectivity index (χ0) is 21.3. The van der Waals surface area contributed by atoms with Crippen molar-refractivity contribution in [1.82, 2.24) is 4.90 Å². The molecular weight excluding hydrogens is 407 g/mol. The molecule has 1 heterocycles. The van der Waals surface area contributed by atoms with Crippen LogP contribution in [0.4, 0.5) is 13.2 Å². The number of thiophene rings is 1. The normalized spacial score (nSPS) is 11.6. The third-order valence-corrected chi connectivity index (χ3v) is 6.05. The minimum atomic E-state index is -4.40. The molecule has 0 atom stereocenters. The Hall–Kier alpha value is -3.12. The molecule has 0 radical (unpaired) electrons. The molecule has 0 saturated carbocycles. The first-order valence-corrected chi connectivity index (χ1v) is 10.1. The minimum absolute atomic E-state index is 0.161. The Balaban J connectivity index is 1.55. The van der Waals surface area contributed by atoms with Gasteiger partial charge in [-0.3, -0.25) is 4.79 Å². The van der Waals surface area contributed by atoms with Crippen molar-refractivity contribution in [3.8, 4) is 10.4 Å². The number of hydrogen-bond acceptors (Lipinski definition) is 2. The molecule has 3 aromatic carbocycles. The van der Waals surface area contributed by atoms with Gasteiger partial charge in [-0.15, -0.1) is 11.3 Å². The van der Waals surface area contributed by atoms with E-state index in [1.54, 1.807) is 30.1 Å². The predicted molar refractivity (Wildman–Crippen MR) is 115 cm³/mol. The summed E-state index contributed by atoms with van der Waals surface area (Å²) in [6.07, 6.45) is -4.40. The van der Waals surface area contributed by atoms with Crippen molar-refractivity contribution in [3.63, 3.8) is 0 Å². The molecule has 1 aromatic heterocycles. The summed E-state index contributed by atoms with van der Waals surface area (Å²) < 4.78 is 39.0. The van der Waals surface area contributed by atoms with Gasteiger partial charge < -0.3 is 4.90 Å². The molecule has 2 nitrogen and oxygen atoms in total. The van der Waals surface area contributed by atoms with E-state index >= 15 is 0 Å². The van der Waals surface area contributed by atoms with E-state index in [4.69, 9.17) is 0 Å². The largest absolute Gasteiger partial charge is 0.416 e. The van der Waals surface area contributed by atoms with Crippen molar-refractivity contribution in [1.29, 1.82) is 0 Å². The number of amides is 1. The quantitative estimate of drug-likeness (QED) is 0.350. The third-order valence-electron chi connectivity index (χ3n) is 4.93. The first-order chi connectivity index (χ1) is 14.3. The van der Waals surface area contributed by atoms with E-state index < -0.39 is 11.7 Å². The van der Waals surface area contributed by atoms with Crippen molar-refractivity contribution in [3.05, 3.63) is 94.9 Å². The van der Waals surface area contributed by atoms with Crippen molar-refractivity contribution >= 4 is 28.0 Å². The number of fused-ring (bicyclic) bond motifs is 1. The van der Waals surface area contributed by atoms with E-state index in [1.165, 1.54) is 17.4 Å². The van der Waals surface area contributed by atoms with Crippen LogP contribution in [0, 0.1) is 0 Å². The smallest absolute Gasteiger partial charge is 0.337 e. The van der Waals surface area contributed by atoms with Crippen LogP contribution in [-0.4, -0.2) is 17.9 Å². The number of nitrogens with zero attached hydrogens (tertiary/aromatic N) is 1. The highest BCUT2D eigenvalue weighted by Gasteiger charge is 2.30. The summed E-state index contributed by atoms with van der Waals surface area (Å²) in [5.74, 6) is -0.161.